The molecule has 0 aliphatic rings. The van der Waals surface area contributed by atoms with Crippen molar-refractivity contribution in [2.45, 2.75) is 13.3 Å². The van der Waals surface area contributed by atoms with Crippen molar-refractivity contribution >= 4 is 28.7 Å². The zero-order valence-corrected chi connectivity index (χ0v) is 16.2. The molecule has 2 N–H and O–H groups in total. The van der Waals surface area contributed by atoms with Crippen LogP contribution in [0.4, 0.5) is 41.9 Å². The van der Waals surface area contributed by atoms with Crippen molar-refractivity contribution in [3.05, 3.63) is 64.5 Å². The van der Waals surface area contributed by atoms with Crippen LogP contribution in [0.25, 0.3) is 0 Å². The molecule has 3 rings (SSSR count). The van der Waals surface area contributed by atoms with Gasteiger partial charge in [-0.05, 0) is 48.9 Å². The van der Waals surface area contributed by atoms with Crippen LogP contribution in [0.5, 0.6) is 11.5 Å². The van der Waals surface area contributed by atoms with Crippen LogP contribution in [0.15, 0.2) is 48.8 Å². The minimum Gasteiger partial charge on any atom is -0.495 e. The van der Waals surface area contributed by atoms with Crippen molar-refractivity contribution in [3.8, 4) is 11.5 Å². The average Bonchev–Trinajstić information content (AvgIpc) is 2.68. The molecule has 1 aromatic heterocycles. The van der Waals surface area contributed by atoms with E-state index < -0.39 is 22.7 Å². The van der Waals surface area contributed by atoms with Gasteiger partial charge in [0.15, 0.2) is 0 Å². The quantitative estimate of drug-likeness (QED) is 0.390. The van der Waals surface area contributed by atoms with Crippen molar-refractivity contribution in [1.82, 2.24) is 9.97 Å². The summed E-state index contributed by atoms with van der Waals surface area (Å²) >= 11 is 0. The van der Waals surface area contributed by atoms with Crippen molar-refractivity contribution < 1.29 is 27.6 Å². The van der Waals surface area contributed by atoms with Gasteiger partial charge in [-0.3, -0.25) is 10.1 Å². The van der Waals surface area contributed by atoms with E-state index in [2.05, 4.69) is 25.3 Å². The maximum absolute atomic E-state index is 12.3. The lowest BCUT2D eigenvalue weighted by atomic mass is 10.2. The van der Waals surface area contributed by atoms with Gasteiger partial charge in [-0.2, -0.15) is 0 Å². The SMILES string of the molecule is COc1ccc(C)cc1Nc1ncnc(Nc2ccc(OC(F)(F)F)cc2)c1[N+](=O)[O-]. The van der Waals surface area contributed by atoms with Crippen molar-refractivity contribution in [2.24, 2.45) is 0 Å². The Morgan fingerprint density at radius 1 is 1.03 bits per heavy atom. The highest BCUT2D eigenvalue weighted by molar-refractivity contribution is 5.78. The van der Waals surface area contributed by atoms with Crippen LogP contribution in [0.3, 0.4) is 0 Å². The third-order valence-electron chi connectivity index (χ3n) is 3.96. The zero-order valence-electron chi connectivity index (χ0n) is 16.2. The van der Waals surface area contributed by atoms with Gasteiger partial charge in [0.25, 0.3) is 0 Å². The average molecular weight is 435 g/mol. The number of methoxy groups -OCH3 is 1. The number of nitro groups is 1. The van der Waals surface area contributed by atoms with Crippen LogP contribution >= 0.6 is 0 Å². The molecule has 162 valence electrons. The van der Waals surface area contributed by atoms with Crippen LogP contribution in [-0.4, -0.2) is 28.4 Å². The summed E-state index contributed by atoms with van der Waals surface area (Å²) < 4.78 is 45.9. The van der Waals surface area contributed by atoms with E-state index in [1.165, 1.54) is 19.2 Å². The Morgan fingerprint density at radius 3 is 2.26 bits per heavy atom. The molecule has 0 saturated heterocycles. The molecule has 0 unspecified atom stereocenters. The molecule has 0 fully saturated rings. The summed E-state index contributed by atoms with van der Waals surface area (Å²) in [5.41, 5.74) is 1.15. The highest BCUT2D eigenvalue weighted by Crippen LogP contribution is 2.36. The molecule has 0 aliphatic carbocycles. The fraction of sp³-hybridized carbons (Fsp3) is 0.158. The molecule has 3 aromatic rings. The summed E-state index contributed by atoms with van der Waals surface area (Å²) in [6.45, 7) is 1.85. The van der Waals surface area contributed by atoms with Gasteiger partial charge in [-0.1, -0.05) is 6.07 Å². The topological polar surface area (TPSA) is 111 Å². The van der Waals surface area contributed by atoms with Gasteiger partial charge < -0.3 is 20.1 Å². The number of halogens is 3. The predicted molar refractivity (Wildman–Crippen MR) is 106 cm³/mol. The van der Waals surface area contributed by atoms with E-state index in [-0.39, 0.29) is 17.3 Å². The van der Waals surface area contributed by atoms with Crippen LogP contribution in [0.1, 0.15) is 5.56 Å². The van der Waals surface area contributed by atoms with Crippen molar-refractivity contribution in [1.29, 1.82) is 0 Å². The van der Waals surface area contributed by atoms with E-state index >= 15 is 0 Å². The first kappa shape index (κ1) is 21.6. The fourth-order valence-corrected chi connectivity index (χ4v) is 2.66. The van der Waals surface area contributed by atoms with E-state index in [0.717, 1.165) is 24.0 Å². The maximum Gasteiger partial charge on any atom is 0.573 e. The van der Waals surface area contributed by atoms with Gasteiger partial charge in [0.1, 0.15) is 17.8 Å². The number of aryl methyl sites for hydroxylation is 1. The molecule has 0 spiro atoms. The van der Waals surface area contributed by atoms with Gasteiger partial charge in [-0.25, -0.2) is 9.97 Å². The monoisotopic (exact) mass is 435 g/mol. The zero-order chi connectivity index (χ0) is 22.6. The number of rotatable bonds is 7. The van der Waals surface area contributed by atoms with E-state index in [4.69, 9.17) is 4.74 Å². The minimum absolute atomic E-state index is 0.0941. The first-order chi connectivity index (χ1) is 14.7. The molecule has 0 saturated carbocycles. The number of anilines is 4. The standard InChI is InChI=1S/C19H16F3N5O4/c1-11-3-8-15(30-2)14(9-11)26-18-16(27(28)29)17(23-10-24-18)25-12-4-6-13(7-5-12)31-19(20,21)22/h3-10H,1-2H3,(H2,23,24,25,26). The Balaban J connectivity index is 1.91. The molecule has 1 heterocycles. The minimum atomic E-state index is -4.82. The Bertz CT molecular complexity index is 1090. The molecule has 2 aromatic carbocycles. The lowest BCUT2D eigenvalue weighted by Gasteiger charge is -2.13. The molecule has 31 heavy (non-hydrogen) atoms. The number of alkyl halides is 3. The Hall–Kier alpha value is -4.09. The van der Waals surface area contributed by atoms with E-state index in [1.807, 2.05) is 13.0 Å². The molecule has 0 radical (unpaired) electrons. The summed E-state index contributed by atoms with van der Waals surface area (Å²) in [6, 6.07) is 9.93. The lowest BCUT2D eigenvalue weighted by molar-refractivity contribution is -0.383. The van der Waals surface area contributed by atoms with E-state index in [1.54, 1.807) is 12.1 Å². The Kier molecular flexibility index (Phi) is 6.09. The Labute approximate surface area is 174 Å². The summed E-state index contributed by atoms with van der Waals surface area (Å²) in [6.07, 6.45) is -3.71. The number of ether oxygens (including phenoxy) is 2. The number of benzene rings is 2. The molecule has 12 heteroatoms. The second kappa shape index (κ2) is 8.73. The molecule has 0 aliphatic heterocycles. The number of aromatic nitrogens is 2. The van der Waals surface area contributed by atoms with Crippen LogP contribution in [-0.2, 0) is 0 Å². The van der Waals surface area contributed by atoms with Gasteiger partial charge in [0.2, 0.25) is 11.6 Å². The number of nitrogens with zero attached hydrogens (tertiary/aromatic N) is 3. The normalized spacial score (nSPS) is 11.0. The number of nitrogens with one attached hydrogen (secondary N) is 2. The first-order valence-electron chi connectivity index (χ1n) is 8.70. The summed E-state index contributed by atoms with van der Waals surface area (Å²) in [7, 11) is 1.46. The molecule has 0 bridgehead atoms. The fourth-order valence-electron chi connectivity index (χ4n) is 2.66. The molecule has 0 amide bonds. The van der Waals surface area contributed by atoms with Crippen molar-refractivity contribution in [2.75, 3.05) is 17.7 Å². The second-order valence-electron chi connectivity index (χ2n) is 6.20. The van der Waals surface area contributed by atoms with Crippen molar-refractivity contribution in [3.63, 3.8) is 0 Å². The van der Waals surface area contributed by atoms with Gasteiger partial charge in [-0.15, -0.1) is 13.2 Å². The molecular weight excluding hydrogens is 419 g/mol. The summed E-state index contributed by atoms with van der Waals surface area (Å²) in [5.74, 6) is -0.223. The largest absolute Gasteiger partial charge is 0.573 e. The number of hydrogen-bond acceptors (Lipinski definition) is 8. The first-order valence-corrected chi connectivity index (χ1v) is 8.70. The molecule has 0 atom stereocenters. The third kappa shape index (κ3) is 5.50. The van der Waals surface area contributed by atoms with E-state index in [9.17, 15) is 23.3 Å². The predicted octanol–water partition coefficient (Wildman–Crippen LogP) is 5.09. The summed E-state index contributed by atoms with van der Waals surface area (Å²) in [4.78, 5) is 18.9. The maximum atomic E-state index is 12.3. The van der Waals surface area contributed by atoms with Gasteiger partial charge >= 0.3 is 12.0 Å². The lowest BCUT2D eigenvalue weighted by Crippen LogP contribution is -2.17. The van der Waals surface area contributed by atoms with Crippen LogP contribution in [0, 0.1) is 17.0 Å². The van der Waals surface area contributed by atoms with Crippen LogP contribution < -0.4 is 20.1 Å². The van der Waals surface area contributed by atoms with E-state index in [0.29, 0.717) is 11.4 Å². The molecule has 9 nitrogen and oxygen atoms in total. The smallest absolute Gasteiger partial charge is 0.495 e. The van der Waals surface area contributed by atoms with Gasteiger partial charge in [0.05, 0.1) is 17.7 Å². The number of hydrogen-bond donors (Lipinski definition) is 2. The highest BCUT2D eigenvalue weighted by Gasteiger charge is 2.31. The summed E-state index contributed by atoms with van der Waals surface area (Å²) in [5, 5.41) is 17.3. The highest BCUT2D eigenvalue weighted by atomic mass is 19.4. The third-order valence-corrected chi connectivity index (χ3v) is 3.96. The second-order valence-corrected chi connectivity index (χ2v) is 6.20. The Morgan fingerprint density at radius 2 is 1.68 bits per heavy atom. The molecular formula is C19H16F3N5O4. The van der Waals surface area contributed by atoms with Crippen LogP contribution in [0.2, 0.25) is 0 Å². The van der Waals surface area contributed by atoms with Gasteiger partial charge in [0, 0.05) is 5.69 Å².